The minimum atomic E-state index is -4.39. The second-order valence-electron chi connectivity index (χ2n) is 4.65. The predicted molar refractivity (Wildman–Crippen MR) is 61.7 cm³/mol. The molecule has 1 aliphatic rings. The maximum absolute atomic E-state index is 12.6. The lowest BCUT2D eigenvalue weighted by atomic mass is 9.70. The van der Waals surface area contributed by atoms with Crippen molar-refractivity contribution in [2.75, 3.05) is 0 Å². The second kappa shape index (κ2) is 4.57. The van der Waals surface area contributed by atoms with E-state index in [0.29, 0.717) is 29.7 Å². The van der Waals surface area contributed by atoms with Crippen LogP contribution in [0, 0.1) is 0 Å². The Hall–Kier alpha value is -1.04. The van der Waals surface area contributed by atoms with Gasteiger partial charge >= 0.3 is 12.1 Å². The number of carboxylic acids is 1. The molecule has 18 heavy (non-hydrogen) atoms. The van der Waals surface area contributed by atoms with Gasteiger partial charge in [0.1, 0.15) is 4.88 Å². The molecule has 1 aromatic rings. The van der Waals surface area contributed by atoms with Gasteiger partial charge in [0.25, 0.3) is 0 Å². The van der Waals surface area contributed by atoms with Gasteiger partial charge in [-0.25, -0.2) is 0 Å². The number of aliphatic carboxylic acids is 1. The second-order valence-corrected chi connectivity index (χ2v) is 5.56. The van der Waals surface area contributed by atoms with Crippen LogP contribution in [0.4, 0.5) is 13.2 Å². The topological polar surface area (TPSA) is 37.3 Å². The molecule has 0 aromatic carbocycles. The first kappa shape index (κ1) is 13.4. The van der Waals surface area contributed by atoms with E-state index in [2.05, 4.69) is 0 Å². The zero-order chi connectivity index (χ0) is 13.4. The van der Waals surface area contributed by atoms with E-state index in [1.165, 1.54) is 5.38 Å². The Bertz CT molecular complexity index is 444. The molecule has 0 saturated heterocycles. The smallest absolute Gasteiger partial charge is 0.425 e. The van der Waals surface area contributed by atoms with E-state index >= 15 is 0 Å². The minimum absolute atomic E-state index is 0.312. The van der Waals surface area contributed by atoms with Gasteiger partial charge in [0.05, 0.1) is 5.41 Å². The zero-order valence-corrected chi connectivity index (χ0v) is 10.4. The molecule has 0 bridgehead atoms. The van der Waals surface area contributed by atoms with Crippen LogP contribution in [0.3, 0.4) is 0 Å². The van der Waals surface area contributed by atoms with Gasteiger partial charge in [0, 0.05) is 0 Å². The van der Waals surface area contributed by atoms with Gasteiger partial charge in [-0.05, 0) is 29.9 Å². The molecule has 6 heteroatoms. The van der Waals surface area contributed by atoms with Crippen molar-refractivity contribution in [3.05, 3.63) is 21.9 Å². The largest absolute Gasteiger partial charge is 0.481 e. The normalized spacial score (nSPS) is 19.7. The molecule has 1 aromatic heterocycles. The standard InChI is InChI=1S/C12H13F3O2S/c13-12(14,15)9-6-8(7-18-9)11(10(16)17)4-2-1-3-5-11/h6-7H,1-5H2,(H,16,17). The molecule has 0 aliphatic heterocycles. The Morgan fingerprint density at radius 2 is 1.89 bits per heavy atom. The summed E-state index contributed by atoms with van der Waals surface area (Å²) in [7, 11) is 0. The lowest BCUT2D eigenvalue weighted by molar-refractivity contribution is -0.145. The zero-order valence-electron chi connectivity index (χ0n) is 9.59. The number of hydrogen-bond donors (Lipinski definition) is 1. The number of alkyl halides is 3. The van der Waals surface area contributed by atoms with Crippen molar-refractivity contribution in [2.45, 2.75) is 43.7 Å². The monoisotopic (exact) mass is 278 g/mol. The first-order chi connectivity index (χ1) is 8.36. The first-order valence-corrected chi connectivity index (χ1v) is 6.64. The van der Waals surface area contributed by atoms with Crippen molar-refractivity contribution in [1.82, 2.24) is 0 Å². The fourth-order valence-electron chi connectivity index (χ4n) is 2.52. The highest BCUT2D eigenvalue weighted by Crippen LogP contribution is 2.44. The maximum Gasteiger partial charge on any atom is 0.425 e. The maximum atomic E-state index is 12.6. The van der Waals surface area contributed by atoms with Gasteiger partial charge in [0.15, 0.2) is 0 Å². The van der Waals surface area contributed by atoms with Crippen LogP contribution in [-0.4, -0.2) is 11.1 Å². The van der Waals surface area contributed by atoms with E-state index in [4.69, 9.17) is 0 Å². The summed E-state index contributed by atoms with van der Waals surface area (Å²) in [5.74, 6) is -1.01. The van der Waals surface area contributed by atoms with Gasteiger partial charge in [0.2, 0.25) is 0 Å². The van der Waals surface area contributed by atoms with Crippen LogP contribution < -0.4 is 0 Å². The quantitative estimate of drug-likeness (QED) is 0.886. The Balaban J connectivity index is 2.38. The van der Waals surface area contributed by atoms with Crippen molar-refractivity contribution >= 4 is 17.3 Å². The Morgan fingerprint density at radius 1 is 1.28 bits per heavy atom. The molecule has 0 amide bonds. The summed E-state index contributed by atoms with van der Waals surface area (Å²) in [5.41, 5.74) is -0.801. The molecule has 1 aliphatic carbocycles. The molecule has 2 rings (SSSR count). The summed E-state index contributed by atoms with van der Waals surface area (Å²) in [5, 5.41) is 10.7. The van der Waals surface area contributed by atoms with E-state index in [-0.39, 0.29) is 0 Å². The molecule has 1 N–H and O–H groups in total. The van der Waals surface area contributed by atoms with Crippen LogP contribution in [-0.2, 0) is 16.4 Å². The third-order valence-electron chi connectivity index (χ3n) is 3.55. The Labute approximate surface area is 106 Å². The third kappa shape index (κ3) is 2.25. The predicted octanol–water partition coefficient (Wildman–Crippen LogP) is 4.05. The molecule has 100 valence electrons. The van der Waals surface area contributed by atoms with E-state index in [1.54, 1.807) is 0 Å². The minimum Gasteiger partial charge on any atom is -0.481 e. The van der Waals surface area contributed by atoms with Crippen molar-refractivity contribution in [3.63, 3.8) is 0 Å². The van der Waals surface area contributed by atoms with E-state index < -0.39 is 22.4 Å². The summed E-state index contributed by atoms with van der Waals surface area (Å²) in [6.45, 7) is 0. The highest BCUT2D eigenvalue weighted by molar-refractivity contribution is 7.10. The Kier molecular flexibility index (Phi) is 3.40. The van der Waals surface area contributed by atoms with Crippen molar-refractivity contribution in [3.8, 4) is 0 Å². The van der Waals surface area contributed by atoms with Crippen molar-refractivity contribution in [1.29, 1.82) is 0 Å². The SMILES string of the molecule is O=C(O)C1(c2csc(C(F)(F)F)c2)CCCCC1. The summed E-state index contributed by atoms with van der Waals surface area (Å²) in [4.78, 5) is 10.7. The lowest BCUT2D eigenvalue weighted by Crippen LogP contribution is -2.37. The summed E-state index contributed by atoms with van der Waals surface area (Å²) < 4.78 is 37.7. The van der Waals surface area contributed by atoms with Crippen LogP contribution >= 0.6 is 11.3 Å². The van der Waals surface area contributed by atoms with Gasteiger partial charge in [-0.15, -0.1) is 11.3 Å². The number of carboxylic acid groups (broad SMARTS) is 1. The number of carbonyl (C=O) groups is 1. The van der Waals surface area contributed by atoms with Crippen LogP contribution in [0.25, 0.3) is 0 Å². The highest BCUT2D eigenvalue weighted by Gasteiger charge is 2.43. The van der Waals surface area contributed by atoms with E-state index in [0.717, 1.165) is 25.3 Å². The molecule has 1 fully saturated rings. The van der Waals surface area contributed by atoms with Gasteiger partial charge in [-0.2, -0.15) is 13.2 Å². The third-order valence-corrected chi connectivity index (χ3v) is 4.52. The molecule has 1 heterocycles. The lowest BCUT2D eigenvalue weighted by Gasteiger charge is -2.32. The molecule has 2 nitrogen and oxygen atoms in total. The van der Waals surface area contributed by atoms with Gasteiger partial charge in [-0.1, -0.05) is 19.3 Å². The average Bonchev–Trinajstić information content (AvgIpc) is 2.79. The van der Waals surface area contributed by atoms with Crippen LogP contribution in [0.1, 0.15) is 42.5 Å². The van der Waals surface area contributed by atoms with Crippen LogP contribution in [0.5, 0.6) is 0 Å². The first-order valence-electron chi connectivity index (χ1n) is 5.76. The highest BCUT2D eigenvalue weighted by atomic mass is 32.1. The van der Waals surface area contributed by atoms with Gasteiger partial charge in [-0.3, -0.25) is 4.79 Å². The Morgan fingerprint density at radius 3 is 2.33 bits per heavy atom. The summed E-state index contributed by atoms with van der Waals surface area (Å²) in [6, 6.07) is 1.00. The van der Waals surface area contributed by atoms with Crippen molar-refractivity contribution in [2.24, 2.45) is 0 Å². The van der Waals surface area contributed by atoms with E-state index in [1.807, 2.05) is 0 Å². The fourth-order valence-corrected chi connectivity index (χ4v) is 3.39. The van der Waals surface area contributed by atoms with Crippen molar-refractivity contribution < 1.29 is 23.1 Å². The number of thiophene rings is 1. The average molecular weight is 278 g/mol. The number of hydrogen-bond acceptors (Lipinski definition) is 2. The molecular formula is C12H13F3O2S. The molecule has 0 radical (unpaired) electrons. The molecule has 1 saturated carbocycles. The molecule has 0 unspecified atom stereocenters. The van der Waals surface area contributed by atoms with Gasteiger partial charge < -0.3 is 5.11 Å². The fraction of sp³-hybridized carbons (Fsp3) is 0.583. The molecular weight excluding hydrogens is 265 g/mol. The summed E-state index contributed by atoms with van der Waals surface area (Å²) in [6.07, 6.45) is -1.08. The van der Waals surface area contributed by atoms with Crippen LogP contribution in [0.2, 0.25) is 0 Å². The van der Waals surface area contributed by atoms with E-state index in [9.17, 15) is 23.1 Å². The number of halogens is 3. The molecule has 0 spiro atoms. The van der Waals surface area contributed by atoms with Crippen LogP contribution in [0.15, 0.2) is 11.4 Å². The summed E-state index contributed by atoms with van der Waals surface area (Å²) >= 11 is 0.578. The molecule has 0 atom stereocenters. The number of rotatable bonds is 2.